The molecule has 0 unspecified atom stereocenters. The summed E-state index contributed by atoms with van der Waals surface area (Å²) in [4.78, 5) is 0. The van der Waals surface area contributed by atoms with E-state index in [1.165, 1.54) is 0 Å². The van der Waals surface area contributed by atoms with Gasteiger partial charge in [0.15, 0.2) is 0 Å². The molecular formula is C14H18BrN3O. The lowest BCUT2D eigenvalue weighted by atomic mass is 10.2. The molecule has 0 spiro atoms. The van der Waals surface area contributed by atoms with Gasteiger partial charge >= 0.3 is 0 Å². The van der Waals surface area contributed by atoms with Crippen LogP contribution < -0.4 is 5.32 Å². The molecule has 0 saturated carbocycles. The summed E-state index contributed by atoms with van der Waals surface area (Å²) in [6.45, 7) is 4.21. The molecule has 5 heteroatoms. The Hall–Kier alpha value is -1.20. The van der Waals surface area contributed by atoms with E-state index in [0.717, 1.165) is 42.4 Å². The summed E-state index contributed by atoms with van der Waals surface area (Å²) in [6, 6.07) is 7.86. The molecule has 0 radical (unpaired) electrons. The summed E-state index contributed by atoms with van der Waals surface area (Å²) in [5.74, 6) is 1.28. The molecule has 1 N–H and O–H groups in total. The lowest BCUT2D eigenvalue weighted by Gasteiger charge is -1.99. The first-order chi connectivity index (χ1) is 9.29. The Labute approximate surface area is 121 Å². The number of rotatable bonds is 7. The van der Waals surface area contributed by atoms with Crippen molar-refractivity contribution in [3.05, 3.63) is 34.6 Å². The molecule has 1 aromatic heterocycles. The van der Waals surface area contributed by atoms with Crippen molar-refractivity contribution in [3.8, 4) is 11.5 Å². The van der Waals surface area contributed by atoms with Crippen LogP contribution in [0.15, 0.2) is 33.2 Å². The van der Waals surface area contributed by atoms with E-state index in [2.05, 4.69) is 38.4 Å². The molecule has 4 nitrogen and oxygen atoms in total. The molecule has 0 aliphatic carbocycles. The van der Waals surface area contributed by atoms with Crippen LogP contribution in [0.25, 0.3) is 11.5 Å². The van der Waals surface area contributed by atoms with Crippen LogP contribution in [0.5, 0.6) is 0 Å². The summed E-state index contributed by atoms with van der Waals surface area (Å²) in [5.41, 5.74) is 0.942. The first kappa shape index (κ1) is 14.2. The molecule has 0 saturated heterocycles. The zero-order valence-corrected chi connectivity index (χ0v) is 12.6. The molecule has 19 heavy (non-hydrogen) atoms. The Morgan fingerprint density at radius 1 is 1.26 bits per heavy atom. The Bertz CT molecular complexity index is 513. The molecule has 1 heterocycles. The van der Waals surface area contributed by atoms with Crippen molar-refractivity contribution in [1.82, 2.24) is 15.5 Å². The summed E-state index contributed by atoms with van der Waals surface area (Å²) in [5, 5.41) is 11.5. The Morgan fingerprint density at radius 3 is 2.95 bits per heavy atom. The van der Waals surface area contributed by atoms with Gasteiger partial charge in [0.2, 0.25) is 11.8 Å². The number of hydrogen-bond donors (Lipinski definition) is 1. The number of hydrogen-bond acceptors (Lipinski definition) is 4. The van der Waals surface area contributed by atoms with E-state index in [1.807, 2.05) is 24.3 Å². The number of aromatic nitrogens is 2. The highest BCUT2D eigenvalue weighted by Gasteiger charge is 2.08. The maximum absolute atomic E-state index is 5.66. The molecule has 0 bridgehead atoms. The molecule has 0 aliphatic rings. The molecule has 0 amide bonds. The number of nitrogens with one attached hydrogen (secondary N) is 1. The predicted molar refractivity (Wildman–Crippen MR) is 78.9 cm³/mol. The van der Waals surface area contributed by atoms with Gasteiger partial charge in [-0.25, -0.2) is 0 Å². The van der Waals surface area contributed by atoms with E-state index < -0.39 is 0 Å². The average Bonchev–Trinajstić information content (AvgIpc) is 2.87. The van der Waals surface area contributed by atoms with Crippen molar-refractivity contribution < 1.29 is 4.42 Å². The standard InChI is InChI=1S/C14H18BrN3O/c1-2-8-16-9-4-7-13-17-18-14(19-13)11-5-3-6-12(15)10-11/h3,5-6,10,16H,2,4,7-9H2,1H3. The Kier molecular flexibility index (Phi) is 5.54. The lowest BCUT2D eigenvalue weighted by Crippen LogP contribution is -2.16. The third-order valence-electron chi connectivity index (χ3n) is 2.71. The molecule has 2 rings (SSSR count). The van der Waals surface area contributed by atoms with Crippen LogP contribution in [0.4, 0.5) is 0 Å². The fourth-order valence-corrected chi connectivity index (χ4v) is 2.16. The smallest absolute Gasteiger partial charge is 0.247 e. The highest BCUT2D eigenvalue weighted by atomic mass is 79.9. The van der Waals surface area contributed by atoms with Crippen LogP contribution in [-0.2, 0) is 6.42 Å². The van der Waals surface area contributed by atoms with Crippen molar-refractivity contribution in [2.75, 3.05) is 13.1 Å². The van der Waals surface area contributed by atoms with E-state index in [-0.39, 0.29) is 0 Å². The fourth-order valence-electron chi connectivity index (χ4n) is 1.76. The number of aryl methyl sites for hydroxylation is 1. The minimum atomic E-state index is 0.581. The van der Waals surface area contributed by atoms with E-state index in [4.69, 9.17) is 4.42 Å². The zero-order valence-electron chi connectivity index (χ0n) is 11.0. The van der Waals surface area contributed by atoms with E-state index >= 15 is 0 Å². The van der Waals surface area contributed by atoms with Crippen molar-refractivity contribution in [1.29, 1.82) is 0 Å². The SMILES string of the molecule is CCCNCCCc1nnc(-c2cccc(Br)c2)o1. The summed E-state index contributed by atoms with van der Waals surface area (Å²) < 4.78 is 6.67. The van der Waals surface area contributed by atoms with Crippen molar-refractivity contribution >= 4 is 15.9 Å². The van der Waals surface area contributed by atoms with E-state index in [0.29, 0.717) is 11.8 Å². The highest BCUT2D eigenvalue weighted by molar-refractivity contribution is 9.10. The van der Waals surface area contributed by atoms with Crippen LogP contribution in [-0.4, -0.2) is 23.3 Å². The van der Waals surface area contributed by atoms with Gasteiger partial charge in [-0.3, -0.25) is 0 Å². The van der Waals surface area contributed by atoms with Crippen LogP contribution in [0, 0.1) is 0 Å². The van der Waals surface area contributed by atoms with Gasteiger partial charge in [-0.1, -0.05) is 28.9 Å². The molecule has 0 fully saturated rings. The van der Waals surface area contributed by atoms with Gasteiger partial charge in [-0.15, -0.1) is 10.2 Å². The summed E-state index contributed by atoms with van der Waals surface area (Å²) >= 11 is 3.43. The van der Waals surface area contributed by atoms with Crippen molar-refractivity contribution in [3.63, 3.8) is 0 Å². The Morgan fingerprint density at radius 2 is 2.16 bits per heavy atom. The summed E-state index contributed by atoms with van der Waals surface area (Å²) in [7, 11) is 0. The van der Waals surface area contributed by atoms with Crippen LogP contribution in [0.1, 0.15) is 25.7 Å². The van der Waals surface area contributed by atoms with Gasteiger partial charge in [0, 0.05) is 16.5 Å². The van der Waals surface area contributed by atoms with Gasteiger partial charge in [-0.05, 0) is 44.1 Å². The first-order valence-electron chi connectivity index (χ1n) is 6.58. The predicted octanol–water partition coefficient (Wildman–Crippen LogP) is 3.43. The summed E-state index contributed by atoms with van der Waals surface area (Å²) in [6.07, 6.45) is 2.99. The largest absolute Gasteiger partial charge is 0.421 e. The number of halogens is 1. The highest BCUT2D eigenvalue weighted by Crippen LogP contribution is 2.21. The Balaban J connectivity index is 1.88. The minimum absolute atomic E-state index is 0.581. The average molecular weight is 324 g/mol. The topological polar surface area (TPSA) is 51.0 Å². The first-order valence-corrected chi connectivity index (χ1v) is 7.38. The molecule has 102 valence electrons. The van der Waals surface area contributed by atoms with Gasteiger partial charge in [0.05, 0.1) is 0 Å². The second-order valence-corrected chi connectivity index (χ2v) is 5.28. The zero-order chi connectivity index (χ0) is 13.5. The quantitative estimate of drug-likeness (QED) is 0.793. The minimum Gasteiger partial charge on any atom is -0.421 e. The third-order valence-corrected chi connectivity index (χ3v) is 3.20. The third kappa shape index (κ3) is 4.44. The van der Waals surface area contributed by atoms with Crippen LogP contribution in [0.2, 0.25) is 0 Å². The van der Waals surface area contributed by atoms with E-state index in [1.54, 1.807) is 0 Å². The molecule has 0 atom stereocenters. The maximum Gasteiger partial charge on any atom is 0.247 e. The van der Waals surface area contributed by atoms with Crippen molar-refractivity contribution in [2.45, 2.75) is 26.2 Å². The van der Waals surface area contributed by atoms with Gasteiger partial charge < -0.3 is 9.73 Å². The number of benzene rings is 1. The van der Waals surface area contributed by atoms with Crippen molar-refractivity contribution in [2.24, 2.45) is 0 Å². The van der Waals surface area contributed by atoms with Crippen LogP contribution >= 0.6 is 15.9 Å². The van der Waals surface area contributed by atoms with E-state index in [9.17, 15) is 0 Å². The maximum atomic E-state index is 5.66. The normalized spacial score (nSPS) is 10.8. The van der Waals surface area contributed by atoms with Gasteiger partial charge in [0.1, 0.15) is 0 Å². The van der Waals surface area contributed by atoms with Gasteiger partial charge in [0.25, 0.3) is 0 Å². The van der Waals surface area contributed by atoms with Gasteiger partial charge in [-0.2, -0.15) is 0 Å². The lowest BCUT2D eigenvalue weighted by molar-refractivity contribution is 0.491. The monoisotopic (exact) mass is 323 g/mol. The molecule has 1 aromatic carbocycles. The fraction of sp³-hybridized carbons (Fsp3) is 0.429. The number of nitrogens with zero attached hydrogens (tertiary/aromatic N) is 2. The second-order valence-electron chi connectivity index (χ2n) is 4.36. The molecular weight excluding hydrogens is 306 g/mol. The molecule has 2 aromatic rings. The van der Waals surface area contributed by atoms with Crippen LogP contribution in [0.3, 0.4) is 0 Å². The second kappa shape index (κ2) is 7.40. The molecule has 0 aliphatic heterocycles.